The number of amides is 1. The lowest BCUT2D eigenvalue weighted by Crippen LogP contribution is -2.38. The van der Waals surface area contributed by atoms with Gasteiger partial charge in [0.25, 0.3) is 0 Å². The highest BCUT2D eigenvalue weighted by molar-refractivity contribution is 5.67. The molecule has 4 nitrogen and oxygen atoms in total. The van der Waals surface area contributed by atoms with Gasteiger partial charge in [0.2, 0.25) is 0 Å². The largest absolute Gasteiger partial charge is 0.444 e. The van der Waals surface area contributed by atoms with Gasteiger partial charge in [-0.15, -0.1) is 0 Å². The first-order valence-corrected chi connectivity index (χ1v) is 6.05. The molecular formula is C12H26N2O2. The van der Waals surface area contributed by atoms with Gasteiger partial charge in [-0.25, -0.2) is 4.79 Å². The zero-order valence-electron chi connectivity index (χ0n) is 11.2. The number of hydrogen-bond donors (Lipinski definition) is 2. The lowest BCUT2D eigenvalue weighted by molar-refractivity contribution is 0.0528. The van der Waals surface area contributed by atoms with E-state index in [1.165, 1.54) is 6.42 Å². The van der Waals surface area contributed by atoms with Gasteiger partial charge in [0.1, 0.15) is 5.60 Å². The van der Waals surface area contributed by atoms with Crippen LogP contribution in [0.2, 0.25) is 0 Å². The standard InChI is InChI=1S/C12H26N2O2/c1-6-7-10(2)13-8-9-14-11(15)16-12(3,4)5/h10,13H,6-9H2,1-5H3,(H,14,15). The van der Waals surface area contributed by atoms with E-state index in [9.17, 15) is 4.79 Å². The molecule has 0 aliphatic heterocycles. The minimum atomic E-state index is -0.424. The Morgan fingerprint density at radius 2 is 1.94 bits per heavy atom. The predicted octanol–water partition coefficient (Wildman–Crippen LogP) is 2.29. The van der Waals surface area contributed by atoms with E-state index < -0.39 is 5.60 Å². The number of carbonyl (C=O) groups is 1. The summed E-state index contributed by atoms with van der Waals surface area (Å²) in [6.45, 7) is 11.3. The highest BCUT2D eigenvalue weighted by atomic mass is 16.6. The van der Waals surface area contributed by atoms with Crippen LogP contribution in [0.1, 0.15) is 47.5 Å². The molecule has 0 radical (unpaired) electrons. The van der Waals surface area contributed by atoms with Gasteiger partial charge >= 0.3 is 6.09 Å². The summed E-state index contributed by atoms with van der Waals surface area (Å²) >= 11 is 0. The minimum absolute atomic E-state index is 0.350. The highest BCUT2D eigenvalue weighted by Gasteiger charge is 2.15. The first kappa shape index (κ1) is 15.2. The third kappa shape index (κ3) is 9.77. The number of nitrogens with one attached hydrogen (secondary N) is 2. The van der Waals surface area contributed by atoms with Gasteiger partial charge in [0.15, 0.2) is 0 Å². The lowest BCUT2D eigenvalue weighted by Gasteiger charge is -2.20. The summed E-state index contributed by atoms with van der Waals surface area (Å²) < 4.78 is 5.11. The molecular weight excluding hydrogens is 204 g/mol. The van der Waals surface area contributed by atoms with Crippen LogP contribution in [0.3, 0.4) is 0 Å². The SMILES string of the molecule is CCCC(C)NCCNC(=O)OC(C)(C)C. The molecule has 0 saturated heterocycles. The van der Waals surface area contributed by atoms with Crippen molar-refractivity contribution >= 4 is 6.09 Å². The van der Waals surface area contributed by atoms with Crippen LogP contribution in [0.25, 0.3) is 0 Å². The fourth-order valence-electron chi connectivity index (χ4n) is 1.33. The fraction of sp³-hybridized carbons (Fsp3) is 0.917. The normalized spacial score (nSPS) is 13.3. The zero-order valence-corrected chi connectivity index (χ0v) is 11.2. The molecule has 0 rings (SSSR count). The molecule has 0 aromatic carbocycles. The second kappa shape index (κ2) is 7.49. The van der Waals surface area contributed by atoms with Crippen LogP contribution in [0.5, 0.6) is 0 Å². The smallest absolute Gasteiger partial charge is 0.407 e. The maximum Gasteiger partial charge on any atom is 0.407 e. The van der Waals surface area contributed by atoms with Crippen LogP contribution in [0, 0.1) is 0 Å². The van der Waals surface area contributed by atoms with Gasteiger partial charge in [-0.2, -0.15) is 0 Å². The van der Waals surface area contributed by atoms with Crippen LogP contribution in [0.4, 0.5) is 4.79 Å². The van der Waals surface area contributed by atoms with Gasteiger partial charge in [0.05, 0.1) is 0 Å². The van der Waals surface area contributed by atoms with Crippen molar-refractivity contribution in [1.82, 2.24) is 10.6 Å². The van der Waals surface area contributed by atoms with Gasteiger partial charge in [-0.05, 0) is 34.1 Å². The van der Waals surface area contributed by atoms with Crippen molar-refractivity contribution in [1.29, 1.82) is 0 Å². The highest BCUT2D eigenvalue weighted by Crippen LogP contribution is 2.05. The Kier molecular flexibility index (Phi) is 7.13. The van der Waals surface area contributed by atoms with Crippen molar-refractivity contribution in [2.24, 2.45) is 0 Å². The van der Waals surface area contributed by atoms with Gasteiger partial charge in [-0.3, -0.25) is 0 Å². The van der Waals surface area contributed by atoms with Gasteiger partial charge in [0, 0.05) is 19.1 Å². The average Bonchev–Trinajstić information content (AvgIpc) is 2.10. The van der Waals surface area contributed by atoms with E-state index >= 15 is 0 Å². The number of carbonyl (C=O) groups excluding carboxylic acids is 1. The van der Waals surface area contributed by atoms with Crippen LogP contribution in [-0.4, -0.2) is 30.8 Å². The summed E-state index contributed by atoms with van der Waals surface area (Å²) in [6, 6.07) is 0.505. The summed E-state index contributed by atoms with van der Waals surface area (Å²) in [5.41, 5.74) is -0.424. The van der Waals surface area contributed by atoms with Crippen molar-refractivity contribution in [2.45, 2.75) is 59.1 Å². The predicted molar refractivity (Wildman–Crippen MR) is 66.6 cm³/mol. The molecule has 1 atom stereocenters. The van der Waals surface area contributed by atoms with E-state index in [1.807, 2.05) is 20.8 Å². The number of alkyl carbamates (subject to hydrolysis) is 1. The molecule has 1 unspecified atom stereocenters. The Balaban J connectivity index is 3.48. The molecule has 96 valence electrons. The zero-order chi connectivity index (χ0) is 12.6. The first-order chi connectivity index (χ1) is 7.35. The van der Waals surface area contributed by atoms with Gasteiger partial charge in [-0.1, -0.05) is 13.3 Å². The first-order valence-electron chi connectivity index (χ1n) is 6.05. The summed E-state index contributed by atoms with van der Waals surface area (Å²) in [5.74, 6) is 0. The van der Waals surface area contributed by atoms with E-state index in [0.29, 0.717) is 12.6 Å². The molecule has 0 aliphatic rings. The monoisotopic (exact) mass is 230 g/mol. The van der Waals surface area contributed by atoms with E-state index in [4.69, 9.17) is 4.74 Å². The van der Waals surface area contributed by atoms with Crippen LogP contribution < -0.4 is 10.6 Å². The molecule has 0 spiro atoms. The van der Waals surface area contributed by atoms with Crippen molar-refractivity contribution in [3.63, 3.8) is 0 Å². The van der Waals surface area contributed by atoms with E-state index in [2.05, 4.69) is 24.5 Å². The third-order valence-electron chi connectivity index (χ3n) is 2.01. The second-order valence-electron chi connectivity index (χ2n) is 5.07. The summed E-state index contributed by atoms with van der Waals surface area (Å²) in [6.07, 6.45) is 1.98. The topological polar surface area (TPSA) is 50.4 Å². The van der Waals surface area contributed by atoms with Crippen molar-refractivity contribution in [2.75, 3.05) is 13.1 Å². The van der Waals surface area contributed by atoms with Crippen LogP contribution in [0.15, 0.2) is 0 Å². The molecule has 0 aliphatic carbocycles. The summed E-state index contributed by atoms with van der Waals surface area (Å²) in [5, 5.41) is 6.04. The summed E-state index contributed by atoms with van der Waals surface area (Å²) in [4.78, 5) is 11.3. The van der Waals surface area contributed by atoms with Crippen molar-refractivity contribution < 1.29 is 9.53 Å². The van der Waals surface area contributed by atoms with Crippen molar-refractivity contribution in [3.05, 3.63) is 0 Å². The lowest BCUT2D eigenvalue weighted by atomic mass is 10.2. The molecule has 0 aromatic rings. The minimum Gasteiger partial charge on any atom is -0.444 e. The van der Waals surface area contributed by atoms with E-state index in [0.717, 1.165) is 13.0 Å². The number of hydrogen-bond acceptors (Lipinski definition) is 3. The Morgan fingerprint density at radius 1 is 1.31 bits per heavy atom. The molecule has 0 bridgehead atoms. The Hall–Kier alpha value is -0.770. The molecule has 16 heavy (non-hydrogen) atoms. The van der Waals surface area contributed by atoms with E-state index in [-0.39, 0.29) is 6.09 Å². The average molecular weight is 230 g/mol. The Morgan fingerprint density at radius 3 is 2.44 bits per heavy atom. The molecule has 4 heteroatoms. The molecule has 0 aromatic heterocycles. The van der Waals surface area contributed by atoms with E-state index in [1.54, 1.807) is 0 Å². The quantitative estimate of drug-likeness (QED) is 0.688. The Labute approximate surface area is 99.1 Å². The van der Waals surface area contributed by atoms with Crippen LogP contribution in [-0.2, 0) is 4.74 Å². The molecule has 0 fully saturated rings. The molecule has 1 amide bonds. The third-order valence-corrected chi connectivity index (χ3v) is 2.01. The Bertz CT molecular complexity index is 200. The van der Waals surface area contributed by atoms with Crippen LogP contribution >= 0.6 is 0 Å². The summed E-state index contributed by atoms with van der Waals surface area (Å²) in [7, 11) is 0. The molecule has 0 heterocycles. The van der Waals surface area contributed by atoms with Crippen molar-refractivity contribution in [3.8, 4) is 0 Å². The maximum absolute atomic E-state index is 11.3. The number of ether oxygens (including phenoxy) is 1. The molecule has 0 saturated carbocycles. The van der Waals surface area contributed by atoms with Gasteiger partial charge < -0.3 is 15.4 Å². The maximum atomic E-state index is 11.3. The second-order valence-corrected chi connectivity index (χ2v) is 5.07. The molecule has 2 N–H and O–H groups in total. The fourth-order valence-corrected chi connectivity index (χ4v) is 1.33. The number of rotatable bonds is 6.